The van der Waals surface area contributed by atoms with Gasteiger partial charge in [-0.3, -0.25) is 4.99 Å². The molecule has 138 valence electrons. The van der Waals surface area contributed by atoms with Crippen LogP contribution in [-0.2, 0) is 11.2 Å². The summed E-state index contributed by atoms with van der Waals surface area (Å²) in [7, 11) is 0. The zero-order chi connectivity index (χ0) is 16.5. The van der Waals surface area contributed by atoms with Gasteiger partial charge in [0.05, 0.1) is 18.9 Å². The van der Waals surface area contributed by atoms with Crippen LogP contribution in [0, 0.1) is 0 Å². The van der Waals surface area contributed by atoms with Gasteiger partial charge in [0.2, 0.25) is 0 Å². The Kier molecular flexibility index (Phi) is 10.1. The van der Waals surface area contributed by atoms with Crippen molar-refractivity contribution in [2.75, 3.05) is 32.5 Å². The van der Waals surface area contributed by atoms with Crippen molar-refractivity contribution in [2.24, 2.45) is 4.99 Å². The Bertz CT molecular complexity index is 474. The fourth-order valence-corrected chi connectivity index (χ4v) is 2.48. The van der Waals surface area contributed by atoms with Crippen LogP contribution in [0.15, 0.2) is 27.8 Å². The third-order valence-electron chi connectivity index (χ3n) is 3.94. The molecule has 1 aromatic rings. The van der Waals surface area contributed by atoms with Crippen molar-refractivity contribution in [3.8, 4) is 0 Å². The second-order valence-electron chi connectivity index (χ2n) is 6.40. The highest BCUT2D eigenvalue weighted by molar-refractivity contribution is 14.0. The van der Waals surface area contributed by atoms with Crippen LogP contribution in [0.4, 0.5) is 0 Å². The number of hydrogen-bond donors (Lipinski definition) is 2. The van der Waals surface area contributed by atoms with E-state index in [-0.39, 0.29) is 28.7 Å². The van der Waals surface area contributed by atoms with E-state index in [9.17, 15) is 0 Å². The fourth-order valence-electron chi connectivity index (χ4n) is 2.28. The number of guanidine groups is 1. The van der Waals surface area contributed by atoms with Gasteiger partial charge in [0, 0.05) is 30.9 Å². The maximum atomic E-state index is 5.67. The van der Waals surface area contributed by atoms with Crippen LogP contribution in [0.1, 0.15) is 32.4 Å². The molecular formula is C17H30IN3O2S. The van der Waals surface area contributed by atoms with Crippen LogP contribution in [0.5, 0.6) is 0 Å². The minimum Gasteiger partial charge on any atom is -0.469 e. The average Bonchev–Trinajstić information content (AvgIpc) is 3.23. The zero-order valence-corrected chi connectivity index (χ0v) is 18.0. The van der Waals surface area contributed by atoms with Gasteiger partial charge < -0.3 is 19.8 Å². The van der Waals surface area contributed by atoms with Gasteiger partial charge in [0.25, 0.3) is 0 Å². The summed E-state index contributed by atoms with van der Waals surface area (Å²) in [5.41, 5.74) is 0. The topological polar surface area (TPSA) is 58.8 Å². The number of furan rings is 1. The third-order valence-corrected chi connectivity index (χ3v) is 5.17. The molecule has 0 spiro atoms. The minimum atomic E-state index is 0. The molecule has 24 heavy (non-hydrogen) atoms. The third kappa shape index (κ3) is 8.11. The Morgan fingerprint density at radius 1 is 1.42 bits per heavy atom. The molecule has 1 fully saturated rings. The van der Waals surface area contributed by atoms with E-state index < -0.39 is 0 Å². The monoisotopic (exact) mass is 467 g/mol. The van der Waals surface area contributed by atoms with Crippen LogP contribution < -0.4 is 10.6 Å². The summed E-state index contributed by atoms with van der Waals surface area (Å²) in [5, 5.41) is 6.81. The predicted molar refractivity (Wildman–Crippen MR) is 113 cm³/mol. The van der Waals surface area contributed by atoms with Crippen LogP contribution >= 0.6 is 35.7 Å². The van der Waals surface area contributed by atoms with E-state index >= 15 is 0 Å². The minimum absolute atomic E-state index is 0. The molecule has 1 aliphatic heterocycles. The molecule has 0 saturated carbocycles. The molecule has 0 amide bonds. The van der Waals surface area contributed by atoms with E-state index in [0.717, 1.165) is 57.2 Å². The van der Waals surface area contributed by atoms with Crippen LogP contribution in [0.3, 0.4) is 0 Å². The number of nitrogens with zero attached hydrogens (tertiary/aromatic N) is 1. The van der Waals surface area contributed by atoms with Crippen molar-refractivity contribution in [2.45, 2.75) is 44.0 Å². The highest BCUT2D eigenvalue weighted by atomic mass is 127. The Morgan fingerprint density at radius 2 is 2.25 bits per heavy atom. The Balaban J connectivity index is 0.00000288. The smallest absolute Gasteiger partial charge is 0.191 e. The summed E-state index contributed by atoms with van der Waals surface area (Å²) in [6, 6.07) is 3.91. The maximum absolute atomic E-state index is 5.67. The van der Waals surface area contributed by atoms with Crippen LogP contribution in [0.2, 0.25) is 0 Å². The normalized spacial score (nSPS) is 18.3. The Hall–Kier alpha value is -0.410. The molecule has 0 bridgehead atoms. The first-order chi connectivity index (χ1) is 11.1. The molecule has 1 unspecified atom stereocenters. The number of halogens is 1. The largest absolute Gasteiger partial charge is 0.469 e. The molecule has 1 aromatic heterocycles. The number of rotatable bonds is 8. The van der Waals surface area contributed by atoms with Gasteiger partial charge in [0.15, 0.2) is 5.96 Å². The van der Waals surface area contributed by atoms with Gasteiger partial charge >= 0.3 is 0 Å². The van der Waals surface area contributed by atoms with Crippen LogP contribution in [-0.4, -0.2) is 49.3 Å². The summed E-state index contributed by atoms with van der Waals surface area (Å²) < 4.78 is 11.2. The first-order valence-corrected chi connectivity index (χ1v) is 9.53. The molecule has 7 heteroatoms. The SMILES string of the molecule is CSC(C)(C)CN=C(NCCc1ccco1)NCC1CCCO1.I. The standard InChI is InChI=1S/C17H29N3O2S.HI/c1-17(2,23-3)13-20-16(19-12-15-7-5-11-22-15)18-9-8-14-6-4-10-21-14;/h4,6,10,15H,5,7-9,11-13H2,1-3H3,(H2,18,19,20);1H. The lowest BCUT2D eigenvalue weighted by Gasteiger charge is -2.21. The van der Waals surface area contributed by atoms with Gasteiger partial charge in [-0.1, -0.05) is 0 Å². The first kappa shape index (κ1) is 21.6. The van der Waals surface area contributed by atoms with Gasteiger partial charge in [-0.15, -0.1) is 24.0 Å². The van der Waals surface area contributed by atoms with Crippen molar-refractivity contribution in [3.05, 3.63) is 24.2 Å². The lowest BCUT2D eigenvalue weighted by atomic mass is 10.2. The van der Waals surface area contributed by atoms with E-state index in [1.165, 1.54) is 0 Å². The number of nitrogens with one attached hydrogen (secondary N) is 2. The number of ether oxygens (including phenoxy) is 1. The summed E-state index contributed by atoms with van der Waals surface area (Å²) >= 11 is 1.83. The van der Waals surface area contributed by atoms with Crippen molar-refractivity contribution in [3.63, 3.8) is 0 Å². The quantitative estimate of drug-likeness (QED) is 0.349. The fraction of sp³-hybridized carbons (Fsp3) is 0.706. The summed E-state index contributed by atoms with van der Waals surface area (Å²) in [6.45, 7) is 7.68. The lowest BCUT2D eigenvalue weighted by Crippen LogP contribution is -2.42. The average molecular weight is 467 g/mol. The molecule has 5 nitrogen and oxygen atoms in total. The van der Waals surface area contributed by atoms with Crippen molar-refractivity contribution in [1.29, 1.82) is 0 Å². The highest BCUT2D eigenvalue weighted by Crippen LogP contribution is 2.21. The van der Waals surface area contributed by atoms with E-state index in [4.69, 9.17) is 14.1 Å². The second kappa shape index (κ2) is 11.3. The van der Waals surface area contributed by atoms with Crippen molar-refractivity contribution < 1.29 is 9.15 Å². The molecule has 0 aromatic carbocycles. The van der Waals surface area contributed by atoms with E-state index in [0.29, 0.717) is 6.10 Å². The van der Waals surface area contributed by atoms with Crippen LogP contribution in [0.25, 0.3) is 0 Å². The van der Waals surface area contributed by atoms with E-state index in [1.54, 1.807) is 6.26 Å². The molecule has 1 atom stereocenters. The van der Waals surface area contributed by atoms with Gasteiger partial charge in [-0.2, -0.15) is 11.8 Å². The second-order valence-corrected chi connectivity index (χ2v) is 7.91. The Morgan fingerprint density at radius 3 is 2.88 bits per heavy atom. The highest BCUT2D eigenvalue weighted by Gasteiger charge is 2.17. The van der Waals surface area contributed by atoms with Gasteiger partial charge in [-0.05, 0) is 45.1 Å². The van der Waals surface area contributed by atoms with Gasteiger partial charge in [-0.25, -0.2) is 0 Å². The zero-order valence-electron chi connectivity index (χ0n) is 14.8. The molecule has 2 N–H and O–H groups in total. The van der Waals surface area contributed by atoms with Crippen molar-refractivity contribution in [1.82, 2.24) is 10.6 Å². The molecule has 0 aliphatic carbocycles. The van der Waals surface area contributed by atoms with Gasteiger partial charge in [0.1, 0.15) is 5.76 Å². The number of aliphatic imine (C=N–C) groups is 1. The molecule has 1 saturated heterocycles. The first-order valence-electron chi connectivity index (χ1n) is 8.30. The number of thioether (sulfide) groups is 1. The molecule has 2 rings (SSSR count). The molecule has 2 heterocycles. The summed E-state index contributed by atoms with van der Waals surface area (Å²) in [4.78, 5) is 4.73. The lowest BCUT2D eigenvalue weighted by molar-refractivity contribution is 0.114. The van der Waals surface area contributed by atoms with E-state index in [2.05, 4.69) is 30.7 Å². The number of hydrogen-bond acceptors (Lipinski definition) is 4. The Labute approximate surface area is 166 Å². The summed E-state index contributed by atoms with van der Waals surface area (Å²) in [6.07, 6.45) is 7.27. The van der Waals surface area contributed by atoms with E-state index in [1.807, 2.05) is 23.9 Å². The molecule has 0 radical (unpaired) electrons. The van der Waals surface area contributed by atoms with Crippen molar-refractivity contribution >= 4 is 41.7 Å². The maximum Gasteiger partial charge on any atom is 0.191 e. The molecular weight excluding hydrogens is 437 g/mol. The molecule has 1 aliphatic rings. The summed E-state index contributed by atoms with van der Waals surface area (Å²) in [5.74, 6) is 1.84. The predicted octanol–water partition coefficient (Wildman–Crippen LogP) is 3.30.